The zero-order valence-corrected chi connectivity index (χ0v) is 10.3. The molecular weight excluding hydrogens is 229 g/mol. The molecule has 1 aromatic carbocycles. The van der Waals surface area contributed by atoms with E-state index in [0.29, 0.717) is 17.1 Å². The monoisotopic (exact) mass is 245 g/mol. The first-order valence-electron chi connectivity index (χ1n) is 5.30. The van der Waals surface area contributed by atoms with E-state index >= 15 is 0 Å². The number of halogens is 2. The Hall–Kier alpha value is -0.640. The maximum Gasteiger partial charge on any atom is 0.129 e. The highest BCUT2D eigenvalue weighted by atomic mass is 35.5. The number of benzene rings is 1. The molecule has 0 aliphatic rings. The molecule has 2 N–H and O–H groups in total. The number of nitrogens with one attached hydrogen (secondary N) is 1. The molecule has 0 aromatic heterocycles. The molecule has 16 heavy (non-hydrogen) atoms. The maximum absolute atomic E-state index is 13.4. The van der Waals surface area contributed by atoms with Gasteiger partial charge < -0.3 is 10.4 Å². The van der Waals surface area contributed by atoms with Crippen LogP contribution >= 0.6 is 11.6 Å². The Labute approximate surface area is 100 Å². The van der Waals surface area contributed by atoms with Gasteiger partial charge in [0, 0.05) is 22.7 Å². The fourth-order valence-electron chi connectivity index (χ4n) is 1.27. The van der Waals surface area contributed by atoms with Crippen molar-refractivity contribution in [1.29, 1.82) is 0 Å². The number of aliphatic hydroxyl groups excluding tert-OH is 1. The summed E-state index contributed by atoms with van der Waals surface area (Å²) in [5.74, 6) is -0.323. The van der Waals surface area contributed by atoms with Gasteiger partial charge >= 0.3 is 0 Å². The molecule has 0 saturated heterocycles. The lowest BCUT2D eigenvalue weighted by molar-refractivity contribution is 0.168. The first-order chi connectivity index (χ1) is 7.50. The molecule has 0 saturated carbocycles. The minimum atomic E-state index is -0.369. The Morgan fingerprint density at radius 1 is 1.50 bits per heavy atom. The van der Waals surface area contributed by atoms with Crippen LogP contribution in [0.1, 0.15) is 25.8 Å². The molecule has 1 rings (SSSR count). The van der Waals surface area contributed by atoms with Gasteiger partial charge in [-0.1, -0.05) is 24.6 Å². The highest BCUT2D eigenvalue weighted by Gasteiger charge is 2.20. The number of hydrogen-bond donors (Lipinski definition) is 2. The van der Waals surface area contributed by atoms with E-state index in [0.717, 1.165) is 6.42 Å². The summed E-state index contributed by atoms with van der Waals surface area (Å²) in [7, 11) is 0. The molecule has 0 radical (unpaired) electrons. The highest BCUT2D eigenvalue weighted by molar-refractivity contribution is 6.30. The van der Waals surface area contributed by atoms with Crippen LogP contribution in [0.25, 0.3) is 0 Å². The summed E-state index contributed by atoms with van der Waals surface area (Å²) in [6.07, 6.45) is 0.776. The van der Waals surface area contributed by atoms with E-state index in [1.807, 2.05) is 13.8 Å². The maximum atomic E-state index is 13.4. The molecular formula is C12H17ClFNO. The fraction of sp³-hybridized carbons (Fsp3) is 0.500. The van der Waals surface area contributed by atoms with Gasteiger partial charge in [-0.25, -0.2) is 4.39 Å². The predicted octanol–water partition coefficient (Wildman–Crippen LogP) is 2.73. The lowest BCUT2D eigenvalue weighted by atomic mass is 10.00. The Morgan fingerprint density at radius 3 is 2.69 bits per heavy atom. The first-order valence-corrected chi connectivity index (χ1v) is 5.68. The molecule has 0 spiro atoms. The van der Waals surface area contributed by atoms with Crippen molar-refractivity contribution in [2.45, 2.75) is 32.4 Å². The van der Waals surface area contributed by atoms with Gasteiger partial charge in [0.25, 0.3) is 0 Å². The van der Waals surface area contributed by atoms with Crippen LogP contribution in [-0.4, -0.2) is 17.3 Å². The average Bonchev–Trinajstić information content (AvgIpc) is 2.27. The minimum absolute atomic E-state index is 0.0265. The van der Waals surface area contributed by atoms with Gasteiger partial charge in [-0.05, 0) is 25.5 Å². The second-order valence-electron chi connectivity index (χ2n) is 4.16. The molecule has 1 unspecified atom stereocenters. The Morgan fingerprint density at radius 2 is 2.19 bits per heavy atom. The molecule has 0 fully saturated rings. The summed E-state index contributed by atoms with van der Waals surface area (Å²) >= 11 is 5.66. The van der Waals surface area contributed by atoms with Gasteiger partial charge in [0.05, 0.1) is 6.61 Å². The Balaban J connectivity index is 2.67. The third kappa shape index (κ3) is 3.44. The molecule has 0 amide bonds. The van der Waals surface area contributed by atoms with Gasteiger partial charge in [-0.2, -0.15) is 0 Å². The van der Waals surface area contributed by atoms with Crippen molar-refractivity contribution in [2.24, 2.45) is 0 Å². The van der Waals surface area contributed by atoms with Crippen molar-refractivity contribution in [3.8, 4) is 0 Å². The van der Waals surface area contributed by atoms with E-state index in [1.54, 1.807) is 12.1 Å². The molecule has 0 aliphatic heterocycles. The summed E-state index contributed by atoms with van der Waals surface area (Å²) in [5.41, 5.74) is 0.184. The average molecular weight is 246 g/mol. The topological polar surface area (TPSA) is 32.3 Å². The summed E-state index contributed by atoms with van der Waals surface area (Å²) in [5, 5.41) is 12.7. The predicted molar refractivity (Wildman–Crippen MR) is 64.0 cm³/mol. The van der Waals surface area contributed by atoms with Crippen molar-refractivity contribution in [2.75, 3.05) is 6.61 Å². The van der Waals surface area contributed by atoms with Crippen molar-refractivity contribution in [3.05, 3.63) is 34.6 Å². The third-order valence-corrected chi connectivity index (χ3v) is 3.09. The van der Waals surface area contributed by atoms with Crippen LogP contribution in [-0.2, 0) is 6.54 Å². The van der Waals surface area contributed by atoms with Crippen molar-refractivity contribution >= 4 is 11.6 Å². The quantitative estimate of drug-likeness (QED) is 0.836. The fourth-order valence-corrected chi connectivity index (χ4v) is 1.43. The van der Waals surface area contributed by atoms with E-state index in [1.165, 1.54) is 6.07 Å². The summed E-state index contributed by atoms with van der Waals surface area (Å²) in [6.45, 7) is 4.29. The van der Waals surface area contributed by atoms with E-state index in [9.17, 15) is 9.50 Å². The van der Waals surface area contributed by atoms with E-state index < -0.39 is 0 Å². The molecule has 0 heterocycles. The van der Waals surface area contributed by atoms with Crippen LogP contribution < -0.4 is 5.32 Å². The molecule has 2 nitrogen and oxygen atoms in total. The largest absolute Gasteiger partial charge is 0.394 e. The van der Waals surface area contributed by atoms with Gasteiger partial charge in [0.1, 0.15) is 5.82 Å². The smallest absolute Gasteiger partial charge is 0.129 e. The van der Waals surface area contributed by atoms with Crippen LogP contribution in [0.5, 0.6) is 0 Å². The van der Waals surface area contributed by atoms with E-state index in [4.69, 9.17) is 11.6 Å². The van der Waals surface area contributed by atoms with Gasteiger partial charge in [0.2, 0.25) is 0 Å². The highest BCUT2D eigenvalue weighted by Crippen LogP contribution is 2.16. The lowest BCUT2D eigenvalue weighted by Gasteiger charge is -2.27. The Kier molecular flexibility index (Phi) is 4.71. The molecule has 0 bridgehead atoms. The van der Waals surface area contributed by atoms with Crippen LogP contribution in [0, 0.1) is 5.82 Å². The third-order valence-electron chi connectivity index (χ3n) is 2.85. The minimum Gasteiger partial charge on any atom is -0.394 e. The second kappa shape index (κ2) is 5.62. The van der Waals surface area contributed by atoms with Gasteiger partial charge in [-0.15, -0.1) is 0 Å². The summed E-state index contributed by atoms with van der Waals surface area (Å²) in [6, 6.07) is 4.60. The summed E-state index contributed by atoms with van der Waals surface area (Å²) in [4.78, 5) is 0. The zero-order valence-electron chi connectivity index (χ0n) is 9.56. The molecule has 90 valence electrons. The van der Waals surface area contributed by atoms with E-state index in [-0.39, 0.29) is 18.0 Å². The first kappa shape index (κ1) is 13.4. The number of hydrogen-bond acceptors (Lipinski definition) is 2. The zero-order chi connectivity index (χ0) is 12.2. The van der Waals surface area contributed by atoms with E-state index in [2.05, 4.69) is 5.32 Å². The Bertz CT molecular complexity index is 353. The molecule has 4 heteroatoms. The van der Waals surface area contributed by atoms with Crippen molar-refractivity contribution < 1.29 is 9.50 Å². The molecule has 1 atom stereocenters. The van der Waals surface area contributed by atoms with Crippen LogP contribution in [0.3, 0.4) is 0 Å². The van der Waals surface area contributed by atoms with Gasteiger partial charge in [0.15, 0.2) is 0 Å². The second-order valence-corrected chi connectivity index (χ2v) is 4.60. The lowest BCUT2D eigenvalue weighted by Crippen LogP contribution is -2.44. The number of rotatable bonds is 5. The van der Waals surface area contributed by atoms with Crippen LogP contribution in [0.2, 0.25) is 5.02 Å². The van der Waals surface area contributed by atoms with Crippen LogP contribution in [0.15, 0.2) is 18.2 Å². The summed E-state index contributed by atoms with van der Waals surface area (Å²) < 4.78 is 13.4. The van der Waals surface area contributed by atoms with Crippen molar-refractivity contribution in [3.63, 3.8) is 0 Å². The SMILES string of the molecule is CCC(C)(CO)NCc1ccc(Cl)cc1F. The van der Waals surface area contributed by atoms with Crippen LogP contribution in [0.4, 0.5) is 4.39 Å². The molecule has 1 aromatic rings. The van der Waals surface area contributed by atoms with Crippen molar-refractivity contribution in [1.82, 2.24) is 5.32 Å². The standard InChI is InChI=1S/C12H17ClFNO/c1-3-12(2,8-16)15-7-9-4-5-10(13)6-11(9)14/h4-6,15-16H,3,7-8H2,1-2H3. The van der Waals surface area contributed by atoms with Gasteiger partial charge in [-0.3, -0.25) is 0 Å². The normalized spacial score (nSPS) is 14.8. The molecule has 0 aliphatic carbocycles. The number of aliphatic hydroxyl groups is 1.